The van der Waals surface area contributed by atoms with Crippen LogP contribution in [0.15, 0.2) is 24.3 Å². The highest BCUT2D eigenvalue weighted by Gasteiger charge is 2.46. The standard InChI is InChI=1S/C16H20FNO/c17-13-6-3-5-12(11-13)16(9-4-10-16)15(19)18-14-7-1-2-8-14/h3,5-6,11,14H,1-2,4,7-10H2,(H,18,19). The fourth-order valence-electron chi connectivity index (χ4n) is 3.36. The van der Waals surface area contributed by atoms with Crippen molar-refractivity contribution in [1.29, 1.82) is 0 Å². The minimum absolute atomic E-state index is 0.108. The van der Waals surface area contributed by atoms with Crippen LogP contribution in [-0.2, 0) is 10.2 Å². The summed E-state index contributed by atoms with van der Waals surface area (Å²) in [6.07, 6.45) is 7.32. The van der Waals surface area contributed by atoms with Crippen molar-refractivity contribution in [2.75, 3.05) is 0 Å². The van der Waals surface area contributed by atoms with Gasteiger partial charge in [0.05, 0.1) is 5.41 Å². The van der Waals surface area contributed by atoms with E-state index < -0.39 is 5.41 Å². The van der Waals surface area contributed by atoms with Crippen molar-refractivity contribution in [3.63, 3.8) is 0 Å². The lowest BCUT2D eigenvalue weighted by molar-refractivity contribution is -0.130. The van der Waals surface area contributed by atoms with Crippen molar-refractivity contribution in [3.05, 3.63) is 35.6 Å². The summed E-state index contributed by atoms with van der Waals surface area (Å²) in [5.41, 5.74) is 0.374. The number of carbonyl (C=O) groups is 1. The second kappa shape index (κ2) is 4.95. The van der Waals surface area contributed by atoms with Gasteiger partial charge in [-0.05, 0) is 43.4 Å². The van der Waals surface area contributed by atoms with Gasteiger partial charge in [-0.3, -0.25) is 4.79 Å². The number of amides is 1. The topological polar surface area (TPSA) is 29.1 Å². The number of nitrogens with one attached hydrogen (secondary N) is 1. The van der Waals surface area contributed by atoms with Crippen LogP contribution in [0.4, 0.5) is 4.39 Å². The van der Waals surface area contributed by atoms with Gasteiger partial charge in [0.15, 0.2) is 0 Å². The monoisotopic (exact) mass is 261 g/mol. The van der Waals surface area contributed by atoms with E-state index in [1.807, 2.05) is 6.07 Å². The lowest BCUT2D eigenvalue weighted by atomic mass is 9.63. The number of carbonyl (C=O) groups excluding carboxylic acids is 1. The van der Waals surface area contributed by atoms with Gasteiger partial charge < -0.3 is 5.32 Å². The Bertz CT molecular complexity index is 475. The molecule has 2 aliphatic carbocycles. The van der Waals surface area contributed by atoms with Gasteiger partial charge >= 0.3 is 0 Å². The Morgan fingerprint density at radius 1 is 1.21 bits per heavy atom. The van der Waals surface area contributed by atoms with Crippen LogP contribution in [-0.4, -0.2) is 11.9 Å². The molecule has 3 heteroatoms. The minimum atomic E-state index is -0.468. The van der Waals surface area contributed by atoms with Gasteiger partial charge in [-0.15, -0.1) is 0 Å². The Balaban J connectivity index is 1.80. The molecule has 0 aromatic heterocycles. The van der Waals surface area contributed by atoms with Crippen molar-refractivity contribution in [2.45, 2.75) is 56.4 Å². The second-order valence-electron chi connectivity index (χ2n) is 5.90. The predicted octanol–water partition coefficient (Wildman–Crippen LogP) is 3.31. The van der Waals surface area contributed by atoms with Gasteiger partial charge in [-0.2, -0.15) is 0 Å². The quantitative estimate of drug-likeness (QED) is 0.888. The summed E-state index contributed by atoms with van der Waals surface area (Å²) in [4.78, 5) is 12.6. The van der Waals surface area contributed by atoms with Crippen LogP contribution in [0.5, 0.6) is 0 Å². The average Bonchev–Trinajstić information content (AvgIpc) is 2.80. The number of halogens is 1. The summed E-state index contributed by atoms with van der Waals surface area (Å²) < 4.78 is 13.4. The van der Waals surface area contributed by atoms with E-state index in [4.69, 9.17) is 0 Å². The van der Waals surface area contributed by atoms with Crippen LogP contribution >= 0.6 is 0 Å². The van der Waals surface area contributed by atoms with E-state index in [9.17, 15) is 9.18 Å². The van der Waals surface area contributed by atoms with Gasteiger partial charge in [-0.1, -0.05) is 31.4 Å². The van der Waals surface area contributed by atoms with Gasteiger partial charge in [0.25, 0.3) is 0 Å². The molecule has 19 heavy (non-hydrogen) atoms. The Labute approximate surface area is 113 Å². The second-order valence-corrected chi connectivity index (χ2v) is 5.90. The van der Waals surface area contributed by atoms with E-state index >= 15 is 0 Å². The summed E-state index contributed by atoms with van der Waals surface area (Å²) in [6, 6.07) is 6.88. The zero-order valence-electron chi connectivity index (χ0n) is 11.1. The van der Waals surface area contributed by atoms with Crippen molar-refractivity contribution < 1.29 is 9.18 Å². The van der Waals surface area contributed by atoms with Crippen LogP contribution in [0.25, 0.3) is 0 Å². The maximum Gasteiger partial charge on any atom is 0.230 e. The Kier molecular flexibility index (Phi) is 3.29. The number of benzene rings is 1. The molecule has 0 radical (unpaired) electrons. The first-order valence-electron chi connectivity index (χ1n) is 7.28. The first-order chi connectivity index (χ1) is 9.21. The van der Waals surface area contributed by atoms with Crippen LogP contribution in [0.1, 0.15) is 50.5 Å². The zero-order chi connectivity index (χ0) is 13.3. The lowest BCUT2D eigenvalue weighted by Gasteiger charge is -2.41. The van der Waals surface area contributed by atoms with Crippen LogP contribution in [0.3, 0.4) is 0 Å². The van der Waals surface area contributed by atoms with Gasteiger partial charge in [0.2, 0.25) is 5.91 Å². The van der Waals surface area contributed by atoms with Crippen molar-refractivity contribution in [2.24, 2.45) is 0 Å². The molecule has 0 atom stereocenters. The van der Waals surface area contributed by atoms with E-state index in [0.29, 0.717) is 6.04 Å². The molecule has 3 rings (SSSR count). The summed E-state index contributed by atoms with van der Waals surface area (Å²) in [6.45, 7) is 0. The Morgan fingerprint density at radius 3 is 2.53 bits per heavy atom. The molecule has 0 bridgehead atoms. The molecule has 2 nitrogen and oxygen atoms in total. The fraction of sp³-hybridized carbons (Fsp3) is 0.562. The van der Waals surface area contributed by atoms with E-state index in [-0.39, 0.29) is 11.7 Å². The van der Waals surface area contributed by atoms with Gasteiger partial charge in [0, 0.05) is 6.04 Å². The SMILES string of the molecule is O=C(NC1CCCC1)C1(c2cccc(F)c2)CCC1. The first kappa shape index (κ1) is 12.6. The van der Waals surface area contributed by atoms with Crippen molar-refractivity contribution >= 4 is 5.91 Å². The van der Waals surface area contributed by atoms with E-state index in [0.717, 1.165) is 37.7 Å². The van der Waals surface area contributed by atoms with Crippen LogP contribution in [0.2, 0.25) is 0 Å². The highest BCUT2D eigenvalue weighted by molar-refractivity contribution is 5.89. The normalized spacial score (nSPS) is 21.9. The smallest absolute Gasteiger partial charge is 0.230 e. The van der Waals surface area contributed by atoms with E-state index in [1.54, 1.807) is 6.07 Å². The van der Waals surface area contributed by atoms with E-state index in [2.05, 4.69) is 5.32 Å². The van der Waals surface area contributed by atoms with Gasteiger partial charge in [0.1, 0.15) is 5.82 Å². The molecule has 1 N–H and O–H groups in total. The highest BCUT2D eigenvalue weighted by atomic mass is 19.1. The molecule has 102 valence electrons. The van der Waals surface area contributed by atoms with Gasteiger partial charge in [-0.25, -0.2) is 4.39 Å². The predicted molar refractivity (Wildman–Crippen MR) is 72.3 cm³/mol. The minimum Gasteiger partial charge on any atom is -0.353 e. The largest absolute Gasteiger partial charge is 0.353 e. The number of hydrogen-bond acceptors (Lipinski definition) is 1. The molecular weight excluding hydrogens is 241 g/mol. The number of rotatable bonds is 3. The highest BCUT2D eigenvalue weighted by Crippen LogP contribution is 2.44. The molecular formula is C16H20FNO. The molecule has 1 amide bonds. The molecule has 0 spiro atoms. The maximum absolute atomic E-state index is 13.4. The Hall–Kier alpha value is -1.38. The molecule has 1 aromatic carbocycles. The molecule has 0 aliphatic heterocycles. The molecule has 0 saturated heterocycles. The van der Waals surface area contributed by atoms with E-state index in [1.165, 1.54) is 25.0 Å². The molecule has 2 aliphatic rings. The third kappa shape index (κ3) is 2.26. The molecule has 1 aromatic rings. The first-order valence-corrected chi connectivity index (χ1v) is 7.28. The average molecular weight is 261 g/mol. The molecule has 0 unspecified atom stereocenters. The molecule has 2 saturated carbocycles. The van der Waals surface area contributed by atoms with Crippen molar-refractivity contribution in [3.8, 4) is 0 Å². The molecule has 2 fully saturated rings. The third-order valence-corrected chi connectivity index (χ3v) is 4.71. The summed E-state index contributed by atoms with van der Waals surface area (Å²) in [7, 11) is 0. The lowest BCUT2D eigenvalue weighted by Crippen LogP contribution is -2.51. The Morgan fingerprint density at radius 2 is 1.95 bits per heavy atom. The van der Waals surface area contributed by atoms with Crippen LogP contribution in [0, 0.1) is 5.82 Å². The van der Waals surface area contributed by atoms with Crippen LogP contribution < -0.4 is 5.32 Å². The third-order valence-electron chi connectivity index (χ3n) is 4.71. The summed E-state index contributed by atoms with van der Waals surface area (Å²) in [5.74, 6) is -0.145. The maximum atomic E-state index is 13.4. The molecule has 0 heterocycles. The summed E-state index contributed by atoms with van der Waals surface area (Å²) in [5, 5.41) is 3.18. The summed E-state index contributed by atoms with van der Waals surface area (Å²) >= 11 is 0. The zero-order valence-corrected chi connectivity index (χ0v) is 11.1. The van der Waals surface area contributed by atoms with Crippen molar-refractivity contribution in [1.82, 2.24) is 5.32 Å². The fourth-order valence-corrected chi connectivity index (χ4v) is 3.36. The number of hydrogen-bond donors (Lipinski definition) is 1.